The molecule has 92 valence electrons. The predicted molar refractivity (Wildman–Crippen MR) is 55.7 cm³/mol. The third-order valence-corrected chi connectivity index (χ3v) is 2.46. The highest BCUT2D eigenvalue weighted by Gasteiger charge is 2.12. The Kier molecular flexibility index (Phi) is 7.01. The Morgan fingerprint density at radius 2 is 2.19 bits per heavy atom. The lowest BCUT2D eigenvalue weighted by molar-refractivity contribution is 0.177. The molecule has 0 saturated heterocycles. The molecule has 16 heavy (non-hydrogen) atoms. The molecule has 0 saturated carbocycles. The van der Waals surface area contributed by atoms with Gasteiger partial charge in [-0.15, -0.1) is 0 Å². The normalized spacial score (nSPS) is 10.3. The van der Waals surface area contributed by atoms with Crippen LogP contribution in [-0.4, -0.2) is 34.7 Å². The molecule has 0 aliphatic carbocycles. The van der Waals surface area contributed by atoms with Crippen LogP contribution in [0.1, 0.15) is 12.8 Å². The molecule has 0 aliphatic rings. The zero-order chi connectivity index (χ0) is 12.4. The van der Waals surface area contributed by atoms with E-state index in [-0.39, 0.29) is 6.54 Å². The number of hydrogen-bond donors (Lipinski definition) is 2. The van der Waals surface area contributed by atoms with Crippen molar-refractivity contribution in [3.63, 3.8) is 0 Å². The molecule has 0 atom stereocenters. The van der Waals surface area contributed by atoms with Gasteiger partial charge in [-0.25, -0.2) is 9.52 Å². The quantitative estimate of drug-likeness (QED) is 0.290. The molecule has 0 heterocycles. The van der Waals surface area contributed by atoms with E-state index < -0.39 is 16.3 Å². The minimum atomic E-state index is -3.86. The second-order valence-electron chi connectivity index (χ2n) is 2.65. The van der Waals surface area contributed by atoms with Crippen LogP contribution < -0.4 is 9.44 Å². The zero-order valence-electron chi connectivity index (χ0n) is 8.71. The lowest BCUT2D eigenvalue weighted by Crippen LogP contribution is -2.40. The van der Waals surface area contributed by atoms with Crippen molar-refractivity contribution < 1.29 is 17.9 Å². The Bertz CT molecular complexity index is 361. The van der Waals surface area contributed by atoms with Gasteiger partial charge >= 0.3 is 16.3 Å². The van der Waals surface area contributed by atoms with E-state index in [2.05, 4.69) is 19.5 Å². The van der Waals surface area contributed by atoms with Crippen molar-refractivity contribution in [1.82, 2.24) is 9.44 Å². The SMILES string of the molecule is COC(=O)NS(=O)(=O)NCCCCN=[N+]=[N-]. The van der Waals surface area contributed by atoms with E-state index >= 15 is 0 Å². The number of amides is 1. The van der Waals surface area contributed by atoms with Gasteiger partial charge < -0.3 is 4.74 Å². The third kappa shape index (κ3) is 7.85. The summed E-state index contributed by atoms with van der Waals surface area (Å²) in [5.74, 6) is 0. The summed E-state index contributed by atoms with van der Waals surface area (Å²) in [5.41, 5.74) is 7.96. The first-order valence-corrected chi connectivity index (χ1v) is 5.86. The molecular weight excluding hydrogens is 238 g/mol. The molecular formula is C6H13N5O4S. The maximum atomic E-state index is 11.1. The summed E-state index contributed by atoms with van der Waals surface area (Å²) in [4.78, 5) is 13.1. The molecule has 1 amide bonds. The number of carbonyl (C=O) groups is 1. The number of azide groups is 1. The van der Waals surface area contributed by atoms with Crippen molar-refractivity contribution in [3.05, 3.63) is 10.4 Å². The molecule has 0 aromatic heterocycles. The second-order valence-corrected chi connectivity index (χ2v) is 4.15. The maximum absolute atomic E-state index is 11.1. The number of hydrogen-bond acceptors (Lipinski definition) is 5. The minimum Gasteiger partial charge on any atom is -0.452 e. The fraction of sp³-hybridized carbons (Fsp3) is 0.833. The van der Waals surface area contributed by atoms with Gasteiger partial charge in [-0.1, -0.05) is 5.11 Å². The predicted octanol–water partition coefficient (Wildman–Crippen LogP) is 0.267. The van der Waals surface area contributed by atoms with E-state index in [9.17, 15) is 13.2 Å². The molecule has 0 aromatic carbocycles. The standard InChI is InChI=1S/C6H13N5O4S/c1-15-6(12)10-16(13,14)9-5-3-2-4-8-11-7/h9H,2-5H2,1H3,(H,10,12). The first-order chi connectivity index (χ1) is 7.52. The summed E-state index contributed by atoms with van der Waals surface area (Å²) in [6, 6.07) is 0. The van der Waals surface area contributed by atoms with Crippen LogP contribution in [0.2, 0.25) is 0 Å². The Labute approximate surface area is 93.0 Å². The van der Waals surface area contributed by atoms with E-state index in [1.165, 1.54) is 0 Å². The van der Waals surface area contributed by atoms with Gasteiger partial charge in [0.1, 0.15) is 0 Å². The molecule has 0 radical (unpaired) electrons. The van der Waals surface area contributed by atoms with E-state index in [1.807, 2.05) is 0 Å². The lowest BCUT2D eigenvalue weighted by atomic mass is 10.3. The summed E-state index contributed by atoms with van der Waals surface area (Å²) < 4.78 is 30.0. The number of rotatable bonds is 7. The van der Waals surface area contributed by atoms with Crippen molar-refractivity contribution in [3.8, 4) is 0 Å². The third-order valence-electron chi connectivity index (χ3n) is 1.44. The highest BCUT2D eigenvalue weighted by atomic mass is 32.2. The van der Waals surface area contributed by atoms with Gasteiger partial charge in [0.25, 0.3) is 0 Å². The molecule has 2 N–H and O–H groups in total. The number of unbranched alkanes of at least 4 members (excludes halogenated alkanes) is 1. The van der Waals surface area contributed by atoms with Gasteiger partial charge in [-0.05, 0) is 18.4 Å². The maximum Gasteiger partial charge on any atom is 0.421 e. The number of ether oxygens (including phenoxy) is 1. The monoisotopic (exact) mass is 251 g/mol. The average molecular weight is 251 g/mol. The van der Waals surface area contributed by atoms with Crippen molar-refractivity contribution in [2.24, 2.45) is 5.11 Å². The molecule has 10 heteroatoms. The average Bonchev–Trinajstić information content (AvgIpc) is 2.22. The van der Waals surface area contributed by atoms with Crippen LogP contribution in [0.25, 0.3) is 10.4 Å². The summed E-state index contributed by atoms with van der Waals surface area (Å²) >= 11 is 0. The molecule has 0 unspecified atom stereocenters. The van der Waals surface area contributed by atoms with Crippen LogP contribution in [0.4, 0.5) is 4.79 Å². The van der Waals surface area contributed by atoms with E-state index in [0.29, 0.717) is 19.4 Å². The molecule has 0 rings (SSSR count). The molecule has 0 fully saturated rings. The smallest absolute Gasteiger partial charge is 0.421 e. The van der Waals surface area contributed by atoms with Crippen LogP contribution in [0, 0.1) is 0 Å². The fourth-order valence-corrected chi connectivity index (χ4v) is 1.53. The van der Waals surface area contributed by atoms with Gasteiger partial charge in [-0.3, -0.25) is 0 Å². The van der Waals surface area contributed by atoms with Gasteiger partial charge in [0.05, 0.1) is 7.11 Å². The Balaban J connectivity index is 3.74. The first-order valence-electron chi connectivity index (χ1n) is 4.38. The molecule has 0 bridgehead atoms. The van der Waals surface area contributed by atoms with Gasteiger partial charge in [0, 0.05) is 18.0 Å². The summed E-state index contributed by atoms with van der Waals surface area (Å²) in [5, 5.41) is 3.28. The molecule has 0 spiro atoms. The van der Waals surface area contributed by atoms with Crippen molar-refractivity contribution in [2.45, 2.75) is 12.8 Å². The Morgan fingerprint density at radius 1 is 1.50 bits per heavy atom. The van der Waals surface area contributed by atoms with Gasteiger partial charge in [-0.2, -0.15) is 13.1 Å². The number of nitrogens with one attached hydrogen (secondary N) is 2. The van der Waals surface area contributed by atoms with Gasteiger partial charge in [0.15, 0.2) is 0 Å². The Hall–Kier alpha value is -1.51. The number of nitrogens with zero attached hydrogens (tertiary/aromatic N) is 3. The zero-order valence-corrected chi connectivity index (χ0v) is 9.53. The van der Waals surface area contributed by atoms with Crippen LogP contribution in [0.3, 0.4) is 0 Å². The highest BCUT2D eigenvalue weighted by molar-refractivity contribution is 7.88. The van der Waals surface area contributed by atoms with E-state index in [0.717, 1.165) is 7.11 Å². The second kappa shape index (κ2) is 7.74. The fourth-order valence-electron chi connectivity index (χ4n) is 0.746. The van der Waals surface area contributed by atoms with Crippen molar-refractivity contribution in [1.29, 1.82) is 0 Å². The van der Waals surface area contributed by atoms with E-state index in [4.69, 9.17) is 5.53 Å². The largest absolute Gasteiger partial charge is 0.452 e. The van der Waals surface area contributed by atoms with Crippen LogP contribution in [0.5, 0.6) is 0 Å². The van der Waals surface area contributed by atoms with Crippen molar-refractivity contribution in [2.75, 3.05) is 20.2 Å². The number of carbonyl (C=O) groups excluding carboxylic acids is 1. The van der Waals surface area contributed by atoms with Crippen LogP contribution in [0.15, 0.2) is 5.11 Å². The first kappa shape index (κ1) is 14.5. The Morgan fingerprint density at radius 3 is 2.75 bits per heavy atom. The van der Waals surface area contributed by atoms with Crippen molar-refractivity contribution >= 4 is 16.3 Å². The van der Waals surface area contributed by atoms with E-state index in [1.54, 1.807) is 4.72 Å². The molecule has 0 aromatic rings. The molecule has 0 aliphatic heterocycles. The molecule has 9 nitrogen and oxygen atoms in total. The topological polar surface area (TPSA) is 133 Å². The summed E-state index contributed by atoms with van der Waals surface area (Å²) in [6.07, 6.45) is 0.00732. The minimum absolute atomic E-state index is 0.146. The summed E-state index contributed by atoms with van der Waals surface area (Å²) in [7, 11) is -2.80. The number of methoxy groups -OCH3 is 1. The van der Waals surface area contributed by atoms with Gasteiger partial charge in [0.2, 0.25) is 0 Å². The summed E-state index contributed by atoms with van der Waals surface area (Å²) in [6.45, 7) is 0.454. The van der Waals surface area contributed by atoms with Crippen LogP contribution >= 0.6 is 0 Å². The van der Waals surface area contributed by atoms with Crippen LogP contribution in [-0.2, 0) is 14.9 Å². The lowest BCUT2D eigenvalue weighted by Gasteiger charge is -2.06. The highest BCUT2D eigenvalue weighted by Crippen LogP contribution is 1.89.